The highest BCUT2D eigenvalue weighted by molar-refractivity contribution is 6.05. The molecule has 0 aromatic heterocycles. The zero-order valence-electron chi connectivity index (χ0n) is 16.8. The van der Waals surface area contributed by atoms with E-state index < -0.39 is 23.9 Å². The van der Waals surface area contributed by atoms with Gasteiger partial charge in [0.25, 0.3) is 11.8 Å². The Bertz CT molecular complexity index is 816. The van der Waals surface area contributed by atoms with Gasteiger partial charge in [-0.15, -0.1) is 0 Å². The molecular weight excluding hydrogens is 390 g/mol. The summed E-state index contributed by atoms with van der Waals surface area (Å²) in [6, 6.07) is 8.30. The van der Waals surface area contributed by atoms with Gasteiger partial charge in [-0.05, 0) is 31.9 Å². The van der Waals surface area contributed by atoms with Crippen LogP contribution < -0.4 is 10.9 Å². The van der Waals surface area contributed by atoms with E-state index in [0.717, 1.165) is 17.7 Å². The van der Waals surface area contributed by atoms with E-state index in [4.69, 9.17) is 4.74 Å². The van der Waals surface area contributed by atoms with Gasteiger partial charge in [0.1, 0.15) is 0 Å². The molecule has 1 saturated heterocycles. The number of fused-ring (bicyclic) bond motifs is 1. The Balaban J connectivity index is 1.42. The minimum absolute atomic E-state index is 0.0530. The second kappa shape index (κ2) is 9.51. The van der Waals surface area contributed by atoms with Crippen LogP contribution in [0.25, 0.3) is 0 Å². The first-order valence-electron chi connectivity index (χ1n) is 10.1. The maximum absolute atomic E-state index is 12.4. The molecule has 0 bridgehead atoms. The zero-order valence-corrected chi connectivity index (χ0v) is 16.8. The number of hydrogen-bond acceptors (Lipinski definition) is 6. The van der Waals surface area contributed by atoms with Crippen molar-refractivity contribution >= 4 is 29.6 Å². The van der Waals surface area contributed by atoms with Crippen LogP contribution in [0.1, 0.15) is 49.4 Å². The molecule has 160 valence electrons. The lowest BCUT2D eigenvalue weighted by Crippen LogP contribution is -2.46. The molecule has 2 aliphatic rings. The molecule has 3 rings (SSSR count). The third-order valence-corrected chi connectivity index (χ3v) is 5.48. The van der Waals surface area contributed by atoms with E-state index in [2.05, 4.69) is 10.9 Å². The Kier molecular flexibility index (Phi) is 6.81. The normalized spacial score (nSPS) is 21.6. The van der Waals surface area contributed by atoms with Crippen LogP contribution in [0.2, 0.25) is 0 Å². The number of amides is 4. The van der Waals surface area contributed by atoms with Crippen molar-refractivity contribution in [3.8, 4) is 0 Å². The number of benzene rings is 1. The predicted octanol–water partition coefficient (Wildman–Crippen LogP) is 0.945. The van der Waals surface area contributed by atoms with Gasteiger partial charge in [0.2, 0.25) is 11.8 Å². The molecule has 30 heavy (non-hydrogen) atoms. The average Bonchev–Trinajstić information content (AvgIpc) is 3.01. The highest BCUT2D eigenvalue weighted by Gasteiger charge is 2.47. The van der Waals surface area contributed by atoms with E-state index in [9.17, 15) is 24.0 Å². The maximum atomic E-state index is 12.4. The van der Waals surface area contributed by atoms with Crippen LogP contribution in [-0.4, -0.2) is 47.1 Å². The number of ether oxygens (including phenoxy) is 1. The molecule has 0 radical (unpaired) electrons. The van der Waals surface area contributed by atoms with Crippen LogP contribution in [0.5, 0.6) is 0 Å². The average molecular weight is 415 g/mol. The Labute approximate surface area is 174 Å². The molecule has 1 aromatic carbocycles. The van der Waals surface area contributed by atoms with E-state index in [0.29, 0.717) is 18.4 Å². The molecule has 2 N–H and O–H groups in total. The van der Waals surface area contributed by atoms with Gasteiger partial charge in [-0.3, -0.25) is 39.7 Å². The minimum atomic E-state index is -1.15. The van der Waals surface area contributed by atoms with E-state index in [1.807, 2.05) is 0 Å². The van der Waals surface area contributed by atoms with Gasteiger partial charge in [0.05, 0.1) is 18.3 Å². The number of carbonyl (C=O) groups is 5. The zero-order chi connectivity index (χ0) is 21.7. The molecule has 1 aliphatic heterocycles. The van der Waals surface area contributed by atoms with Crippen molar-refractivity contribution in [1.29, 1.82) is 0 Å². The number of nitrogens with zero attached hydrogens (tertiary/aromatic N) is 1. The minimum Gasteiger partial charge on any atom is -0.452 e. The van der Waals surface area contributed by atoms with Crippen molar-refractivity contribution in [2.24, 2.45) is 11.8 Å². The van der Waals surface area contributed by atoms with Gasteiger partial charge in [0, 0.05) is 12.1 Å². The molecule has 1 aromatic rings. The molecule has 9 nitrogen and oxygen atoms in total. The highest BCUT2D eigenvalue weighted by Crippen LogP contribution is 2.37. The van der Waals surface area contributed by atoms with Crippen molar-refractivity contribution in [1.82, 2.24) is 15.8 Å². The van der Waals surface area contributed by atoms with E-state index in [1.54, 1.807) is 30.3 Å². The van der Waals surface area contributed by atoms with Crippen LogP contribution in [0.3, 0.4) is 0 Å². The molecule has 3 atom stereocenters. The van der Waals surface area contributed by atoms with Gasteiger partial charge in [-0.25, -0.2) is 0 Å². The Hall–Kier alpha value is -3.23. The summed E-state index contributed by atoms with van der Waals surface area (Å²) >= 11 is 0. The molecule has 1 heterocycles. The summed E-state index contributed by atoms with van der Waals surface area (Å²) < 4.78 is 5.05. The van der Waals surface area contributed by atoms with Gasteiger partial charge in [0.15, 0.2) is 6.10 Å². The third-order valence-electron chi connectivity index (χ3n) is 5.48. The number of likely N-dealkylation sites (tertiary alicyclic amines) is 1. The lowest BCUT2D eigenvalue weighted by atomic mass is 9.81. The lowest BCUT2D eigenvalue weighted by Gasteiger charge is -2.19. The van der Waals surface area contributed by atoms with E-state index >= 15 is 0 Å². The van der Waals surface area contributed by atoms with Crippen molar-refractivity contribution < 1.29 is 28.7 Å². The van der Waals surface area contributed by atoms with Crippen molar-refractivity contribution in [3.05, 3.63) is 35.9 Å². The molecule has 1 saturated carbocycles. The largest absolute Gasteiger partial charge is 0.452 e. The summed E-state index contributed by atoms with van der Waals surface area (Å²) in [5.41, 5.74) is 4.80. The van der Waals surface area contributed by atoms with Gasteiger partial charge >= 0.3 is 5.97 Å². The van der Waals surface area contributed by atoms with Gasteiger partial charge in [-0.2, -0.15) is 0 Å². The van der Waals surface area contributed by atoms with E-state index in [-0.39, 0.29) is 36.6 Å². The van der Waals surface area contributed by atoms with Gasteiger partial charge in [-0.1, -0.05) is 31.0 Å². The van der Waals surface area contributed by atoms with Gasteiger partial charge < -0.3 is 4.74 Å². The standard InChI is InChI=1S/C21H25N3O6/c1-13(18(26)22-23-19(27)14-7-3-2-4-8-14)30-17(25)11-12-24-20(28)15-9-5-6-10-16(15)21(24)29/h2-4,7-8,13,15-16H,5-6,9-12H2,1H3,(H,22,26)(H,23,27)/t13-,15-,16-/m0/s1. The maximum Gasteiger partial charge on any atom is 0.308 e. The fourth-order valence-electron chi connectivity index (χ4n) is 3.85. The third kappa shape index (κ3) is 4.84. The molecule has 2 fully saturated rings. The number of nitrogens with one attached hydrogen (secondary N) is 2. The van der Waals surface area contributed by atoms with Crippen LogP contribution in [0.4, 0.5) is 0 Å². The first-order valence-corrected chi connectivity index (χ1v) is 10.1. The Morgan fingerprint density at radius 1 is 1.03 bits per heavy atom. The van der Waals surface area contributed by atoms with E-state index in [1.165, 1.54) is 6.92 Å². The number of carbonyl (C=O) groups excluding carboxylic acids is 5. The number of rotatable bonds is 6. The Morgan fingerprint density at radius 2 is 1.63 bits per heavy atom. The highest BCUT2D eigenvalue weighted by atomic mass is 16.5. The first kappa shape index (κ1) is 21.5. The lowest BCUT2D eigenvalue weighted by molar-refractivity contribution is -0.155. The topological polar surface area (TPSA) is 122 Å². The summed E-state index contributed by atoms with van der Waals surface area (Å²) in [6.07, 6.45) is 1.95. The van der Waals surface area contributed by atoms with Crippen LogP contribution in [0, 0.1) is 11.8 Å². The molecule has 9 heteroatoms. The summed E-state index contributed by atoms with van der Waals surface area (Å²) in [4.78, 5) is 62.0. The summed E-state index contributed by atoms with van der Waals surface area (Å²) in [6.45, 7) is 1.31. The summed E-state index contributed by atoms with van der Waals surface area (Å²) in [5, 5.41) is 0. The quantitative estimate of drug-likeness (QED) is 0.405. The van der Waals surface area contributed by atoms with Crippen LogP contribution >= 0.6 is 0 Å². The molecule has 1 aliphatic carbocycles. The molecule has 0 unspecified atom stereocenters. The molecule has 4 amide bonds. The number of hydrazine groups is 1. The molecular formula is C21H25N3O6. The summed E-state index contributed by atoms with van der Waals surface area (Å²) in [7, 11) is 0. The second-order valence-corrected chi connectivity index (χ2v) is 7.52. The number of esters is 1. The first-order chi connectivity index (χ1) is 14.4. The van der Waals surface area contributed by atoms with Crippen molar-refractivity contribution in [2.75, 3.05) is 6.54 Å². The number of hydrogen-bond donors (Lipinski definition) is 2. The van der Waals surface area contributed by atoms with Crippen molar-refractivity contribution in [2.45, 2.75) is 45.1 Å². The fraction of sp³-hybridized carbons (Fsp3) is 0.476. The monoisotopic (exact) mass is 415 g/mol. The van der Waals surface area contributed by atoms with Crippen molar-refractivity contribution in [3.63, 3.8) is 0 Å². The summed E-state index contributed by atoms with van der Waals surface area (Å²) in [5.74, 6) is -2.87. The second-order valence-electron chi connectivity index (χ2n) is 7.52. The SMILES string of the molecule is C[C@H](OC(=O)CCN1C(=O)[C@H]2CCCC[C@@H]2C1=O)C(=O)NNC(=O)c1ccccc1. The Morgan fingerprint density at radius 3 is 2.23 bits per heavy atom. The fourth-order valence-corrected chi connectivity index (χ4v) is 3.85. The predicted molar refractivity (Wildman–Crippen MR) is 104 cm³/mol. The smallest absolute Gasteiger partial charge is 0.308 e. The van der Waals surface area contributed by atoms with Crippen LogP contribution in [-0.2, 0) is 23.9 Å². The van der Waals surface area contributed by atoms with Crippen LogP contribution in [0.15, 0.2) is 30.3 Å². The molecule has 0 spiro atoms. The number of imide groups is 1.